The monoisotopic (exact) mass is 262 g/mol. The average molecular weight is 262 g/mol. The van der Waals surface area contributed by atoms with Gasteiger partial charge in [-0.2, -0.15) is 0 Å². The topological polar surface area (TPSA) is 41.6 Å². The summed E-state index contributed by atoms with van der Waals surface area (Å²) in [6.45, 7) is 1.25. The summed E-state index contributed by atoms with van der Waals surface area (Å²) in [5.41, 5.74) is 2.32. The van der Waals surface area contributed by atoms with Crippen molar-refractivity contribution in [1.82, 2.24) is 5.32 Å². The molecule has 0 radical (unpaired) electrons. The number of hydrogen-bond donors (Lipinski definition) is 1. The molecule has 1 aliphatic rings. The van der Waals surface area contributed by atoms with Crippen molar-refractivity contribution in [3.05, 3.63) is 29.8 Å². The molecular formula is C15H22N2O2. The largest absolute Gasteiger partial charge is 0.383 e. The Kier molecular flexibility index (Phi) is 4.93. The van der Waals surface area contributed by atoms with Crippen molar-refractivity contribution in [2.24, 2.45) is 0 Å². The Hall–Kier alpha value is -1.39. The van der Waals surface area contributed by atoms with Crippen molar-refractivity contribution >= 4 is 11.6 Å². The molecule has 1 aromatic rings. The Labute approximate surface area is 114 Å². The Morgan fingerprint density at radius 2 is 2.16 bits per heavy atom. The number of benzene rings is 1. The first kappa shape index (κ1) is 14.0. The average Bonchev–Trinajstić information content (AvgIpc) is 2.58. The van der Waals surface area contributed by atoms with Crippen molar-refractivity contribution in [2.75, 3.05) is 32.2 Å². The highest BCUT2D eigenvalue weighted by Gasteiger charge is 2.24. The molecule has 0 saturated heterocycles. The van der Waals surface area contributed by atoms with Crippen LogP contribution in [0.15, 0.2) is 24.3 Å². The lowest BCUT2D eigenvalue weighted by Gasteiger charge is -2.27. The Morgan fingerprint density at radius 3 is 2.89 bits per heavy atom. The van der Waals surface area contributed by atoms with Crippen LogP contribution in [-0.4, -0.2) is 39.3 Å². The maximum absolute atomic E-state index is 12.3. The minimum absolute atomic E-state index is 0.153. The molecule has 0 aromatic heterocycles. The minimum atomic E-state index is 0.153. The number of carbonyl (C=O) groups is 1. The van der Waals surface area contributed by atoms with Crippen molar-refractivity contribution in [3.63, 3.8) is 0 Å². The highest BCUT2D eigenvalue weighted by molar-refractivity contribution is 5.94. The van der Waals surface area contributed by atoms with Gasteiger partial charge in [-0.3, -0.25) is 4.79 Å². The highest BCUT2D eigenvalue weighted by atomic mass is 16.5. The number of ether oxygens (including phenoxy) is 1. The molecule has 1 unspecified atom stereocenters. The number of nitrogens with one attached hydrogen (secondary N) is 1. The van der Waals surface area contributed by atoms with Gasteiger partial charge in [0, 0.05) is 31.8 Å². The molecule has 1 aromatic carbocycles. The van der Waals surface area contributed by atoms with Gasteiger partial charge in [-0.05, 0) is 31.5 Å². The van der Waals surface area contributed by atoms with E-state index in [4.69, 9.17) is 4.74 Å². The number of amides is 1. The second-order valence-corrected chi connectivity index (χ2v) is 4.93. The molecule has 1 N–H and O–H groups in total. The molecule has 0 saturated carbocycles. The molecule has 0 aliphatic carbocycles. The van der Waals surface area contributed by atoms with Gasteiger partial charge in [-0.25, -0.2) is 0 Å². The van der Waals surface area contributed by atoms with Crippen LogP contribution in [0.3, 0.4) is 0 Å². The summed E-state index contributed by atoms with van der Waals surface area (Å²) in [6, 6.07) is 8.34. The number of carbonyl (C=O) groups excluding carboxylic acids is 1. The van der Waals surface area contributed by atoms with Gasteiger partial charge in [0.2, 0.25) is 5.91 Å². The molecule has 104 valence electrons. The number of methoxy groups -OCH3 is 1. The van der Waals surface area contributed by atoms with Crippen LogP contribution in [0.2, 0.25) is 0 Å². The zero-order valence-electron chi connectivity index (χ0n) is 11.7. The van der Waals surface area contributed by atoms with E-state index < -0.39 is 0 Å². The molecule has 1 atom stereocenters. The van der Waals surface area contributed by atoms with Crippen LogP contribution in [0.25, 0.3) is 0 Å². The zero-order chi connectivity index (χ0) is 13.7. The molecule has 4 nitrogen and oxygen atoms in total. The molecule has 0 spiro atoms. The molecule has 0 fully saturated rings. The molecular weight excluding hydrogens is 240 g/mol. The van der Waals surface area contributed by atoms with Crippen molar-refractivity contribution in [3.8, 4) is 0 Å². The van der Waals surface area contributed by atoms with Gasteiger partial charge in [0.05, 0.1) is 6.61 Å². The Bertz CT molecular complexity index is 434. The van der Waals surface area contributed by atoms with E-state index >= 15 is 0 Å². The van der Waals surface area contributed by atoms with Crippen LogP contribution in [-0.2, 0) is 16.0 Å². The quantitative estimate of drug-likeness (QED) is 0.876. The van der Waals surface area contributed by atoms with E-state index in [2.05, 4.69) is 11.4 Å². The third-order valence-electron chi connectivity index (χ3n) is 3.60. The van der Waals surface area contributed by atoms with Crippen LogP contribution >= 0.6 is 0 Å². The number of para-hydroxylation sites is 1. The van der Waals surface area contributed by atoms with Gasteiger partial charge in [0.25, 0.3) is 0 Å². The van der Waals surface area contributed by atoms with Gasteiger partial charge >= 0.3 is 0 Å². The summed E-state index contributed by atoms with van der Waals surface area (Å²) in [4.78, 5) is 14.2. The third kappa shape index (κ3) is 3.33. The Morgan fingerprint density at radius 1 is 1.37 bits per heavy atom. The summed E-state index contributed by atoms with van der Waals surface area (Å²) >= 11 is 0. The second kappa shape index (κ2) is 6.68. The van der Waals surface area contributed by atoms with E-state index in [9.17, 15) is 4.79 Å². The van der Waals surface area contributed by atoms with Gasteiger partial charge in [0.1, 0.15) is 0 Å². The van der Waals surface area contributed by atoms with Crippen LogP contribution in [0.1, 0.15) is 18.4 Å². The molecule has 1 amide bonds. The number of rotatable bonds is 5. The maximum Gasteiger partial charge on any atom is 0.227 e. The van der Waals surface area contributed by atoms with E-state index in [1.165, 1.54) is 5.56 Å². The van der Waals surface area contributed by atoms with Crippen LogP contribution in [0, 0.1) is 0 Å². The van der Waals surface area contributed by atoms with Crippen molar-refractivity contribution in [1.29, 1.82) is 0 Å². The molecule has 1 heterocycles. The SMILES string of the molecule is CNC(COC)CN1C(=O)CCCc2ccccc21. The number of anilines is 1. The number of likely N-dealkylation sites (N-methyl/N-ethyl adjacent to an activating group) is 1. The highest BCUT2D eigenvalue weighted by Crippen LogP contribution is 2.26. The predicted molar refractivity (Wildman–Crippen MR) is 76.5 cm³/mol. The van der Waals surface area contributed by atoms with E-state index in [0.717, 1.165) is 18.5 Å². The normalized spacial score (nSPS) is 16.9. The van der Waals surface area contributed by atoms with Crippen molar-refractivity contribution in [2.45, 2.75) is 25.3 Å². The molecule has 2 rings (SSSR count). The maximum atomic E-state index is 12.3. The first-order chi connectivity index (χ1) is 9.26. The standard InChI is InChI=1S/C15H22N2O2/c1-16-13(11-19-2)10-17-14-8-4-3-6-12(14)7-5-9-15(17)18/h3-4,6,8,13,16H,5,7,9-11H2,1-2H3. The minimum Gasteiger partial charge on any atom is -0.383 e. The van der Waals surface area contributed by atoms with Crippen molar-refractivity contribution < 1.29 is 9.53 Å². The summed E-state index contributed by atoms with van der Waals surface area (Å²) < 4.78 is 5.19. The summed E-state index contributed by atoms with van der Waals surface area (Å²) in [6.07, 6.45) is 2.53. The number of hydrogen-bond acceptors (Lipinski definition) is 3. The second-order valence-electron chi connectivity index (χ2n) is 4.93. The van der Waals surface area contributed by atoms with Crippen LogP contribution < -0.4 is 10.2 Å². The van der Waals surface area contributed by atoms with E-state index in [0.29, 0.717) is 19.6 Å². The zero-order valence-corrected chi connectivity index (χ0v) is 11.7. The predicted octanol–water partition coefficient (Wildman–Crippen LogP) is 1.59. The third-order valence-corrected chi connectivity index (χ3v) is 3.60. The number of fused-ring (bicyclic) bond motifs is 1. The van der Waals surface area contributed by atoms with Gasteiger partial charge in [-0.1, -0.05) is 18.2 Å². The first-order valence-electron chi connectivity index (χ1n) is 6.80. The number of aryl methyl sites for hydroxylation is 1. The molecule has 4 heteroatoms. The van der Waals surface area contributed by atoms with Gasteiger partial charge < -0.3 is 15.0 Å². The summed E-state index contributed by atoms with van der Waals surface area (Å²) in [7, 11) is 3.58. The summed E-state index contributed by atoms with van der Waals surface area (Å²) in [5, 5.41) is 3.20. The molecule has 1 aliphatic heterocycles. The molecule has 0 bridgehead atoms. The fourth-order valence-corrected chi connectivity index (χ4v) is 2.53. The lowest BCUT2D eigenvalue weighted by Crippen LogP contribution is -2.44. The number of nitrogens with zero attached hydrogens (tertiary/aromatic N) is 1. The van der Waals surface area contributed by atoms with E-state index in [1.807, 2.05) is 30.1 Å². The fourth-order valence-electron chi connectivity index (χ4n) is 2.53. The van der Waals surface area contributed by atoms with E-state index in [-0.39, 0.29) is 11.9 Å². The first-order valence-corrected chi connectivity index (χ1v) is 6.80. The lowest BCUT2D eigenvalue weighted by molar-refractivity contribution is -0.118. The van der Waals surface area contributed by atoms with Gasteiger partial charge in [0.15, 0.2) is 0 Å². The lowest BCUT2D eigenvalue weighted by atomic mass is 10.1. The van der Waals surface area contributed by atoms with Crippen LogP contribution in [0.5, 0.6) is 0 Å². The Balaban J connectivity index is 2.23. The van der Waals surface area contributed by atoms with E-state index in [1.54, 1.807) is 7.11 Å². The molecule has 19 heavy (non-hydrogen) atoms. The van der Waals surface area contributed by atoms with Gasteiger partial charge in [-0.15, -0.1) is 0 Å². The van der Waals surface area contributed by atoms with Crippen LogP contribution in [0.4, 0.5) is 5.69 Å². The smallest absolute Gasteiger partial charge is 0.227 e. The summed E-state index contributed by atoms with van der Waals surface area (Å²) in [5.74, 6) is 0.210. The fraction of sp³-hybridized carbons (Fsp3) is 0.533.